The van der Waals surface area contributed by atoms with E-state index < -0.39 is 0 Å². The normalized spacial score (nSPS) is 28.1. The third-order valence-electron chi connectivity index (χ3n) is 5.59. The van der Waals surface area contributed by atoms with Crippen LogP contribution < -0.4 is 5.32 Å². The highest BCUT2D eigenvalue weighted by Crippen LogP contribution is 2.54. The largest absolute Gasteiger partial charge is 0.316 e. The van der Waals surface area contributed by atoms with Gasteiger partial charge in [0.2, 0.25) is 0 Å². The van der Waals surface area contributed by atoms with Crippen molar-refractivity contribution in [3.8, 4) is 11.1 Å². The van der Waals surface area contributed by atoms with Gasteiger partial charge in [0.05, 0.1) is 0 Å². The lowest BCUT2D eigenvalue weighted by atomic mass is 9.54. The van der Waals surface area contributed by atoms with Crippen LogP contribution in [0.2, 0.25) is 0 Å². The lowest BCUT2D eigenvalue weighted by molar-refractivity contribution is 0.0495. The van der Waals surface area contributed by atoms with Crippen molar-refractivity contribution in [2.75, 3.05) is 7.05 Å². The van der Waals surface area contributed by atoms with Gasteiger partial charge >= 0.3 is 0 Å². The zero-order valence-electron chi connectivity index (χ0n) is 13.3. The topological polar surface area (TPSA) is 12.0 Å². The van der Waals surface area contributed by atoms with Crippen LogP contribution in [0.4, 0.5) is 0 Å². The molecule has 0 radical (unpaired) electrons. The fourth-order valence-electron chi connectivity index (χ4n) is 3.85. The second-order valence-electron chi connectivity index (χ2n) is 6.48. The Kier molecular flexibility index (Phi) is 3.86. The molecule has 1 nitrogen and oxygen atoms in total. The predicted octanol–water partition coefficient (Wildman–Crippen LogP) is 4.85. The molecule has 3 atom stereocenters. The number of hydrogen-bond donors (Lipinski definition) is 1. The Labute approximate surface area is 128 Å². The van der Waals surface area contributed by atoms with Crippen molar-refractivity contribution in [3.05, 3.63) is 60.2 Å². The Morgan fingerprint density at radius 1 is 1.00 bits per heavy atom. The third kappa shape index (κ3) is 2.40. The SMILES string of the molecule is CCC1(C)C(NC)CC1c1ccc(-c2ccccc2)cc1. The average Bonchev–Trinajstić information content (AvgIpc) is 2.55. The van der Waals surface area contributed by atoms with Gasteiger partial charge in [-0.15, -0.1) is 0 Å². The Bertz CT molecular complexity index is 587. The van der Waals surface area contributed by atoms with Crippen LogP contribution in [-0.2, 0) is 0 Å². The molecular formula is C20H25N. The molecule has 0 heterocycles. The van der Waals surface area contributed by atoms with Crippen molar-refractivity contribution in [2.45, 2.75) is 38.6 Å². The molecule has 1 fully saturated rings. The van der Waals surface area contributed by atoms with Crippen LogP contribution in [0.1, 0.15) is 38.2 Å². The maximum absolute atomic E-state index is 3.48. The molecular weight excluding hydrogens is 254 g/mol. The van der Waals surface area contributed by atoms with Crippen LogP contribution in [0.3, 0.4) is 0 Å². The fraction of sp³-hybridized carbons (Fsp3) is 0.400. The van der Waals surface area contributed by atoms with Gasteiger partial charge in [-0.05, 0) is 47.9 Å². The maximum atomic E-state index is 3.48. The van der Waals surface area contributed by atoms with E-state index in [9.17, 15) is 0 Å². The average molecular weight is 279 g/mol. The summed E-state index contributed by atoms with van der Waals surface area (Å²) in [6, 6.07) is 20.5. The van der Waals surface area contributed by atoms with Crippen molar-refractivity contribution < 1.29 is 0 Å². The first-order chi connectivity index (χ1) is 10.2. The highest BCUT2D eigenvalue weighted by atomic mass is 14.9. The van der Waals surface area contributed by atoms with Crippen LogP contribution in [0.15, 0.2) is 54.6 Å². The summed E-state index contributed by atoms with van der Waals surface area (Å²) < 4.78 is 0. The monoisotopic (exact) mass is 279 g/mol. The van der Waals surface area contributed by atoms with E-state index in [1.807, 2.05) is 0 Å². The van der Waals surface area contributed by atoms with Gasteiger partial charge in [-0.1, -0.05) is 68.4 Å². The maximum Gasteiger partial charge on any atom is 0.0130 e. The smallest absolute Gasteiger partial charge is 0.0130 e. The molecule has 0 saturated heterocycles. The van der Waals surface area contributed by atoms with Gasteiger partial charge in [0.25, 0.3) is 0 Å². The minimum Gasteiger partial charge on any atom is -0.316 e. The zero-order valence-corrected chi connectivity index (χ0v) is 13.3. The first-order valence-corrected chi connectivity index (χ1v) is 8.01. The molecule has 110 valence electrons. The molecule has 3 rings (SSSR count). The highest BCUT2D eigenvalue weighted by Gasteiger charge is 2.49. The van der Waals surface area contributed by atoms with Gasteiger partial charge in [0, 0.05) is 6.04 Å². The molecule has 1 saturated carbocycles. The Morgan fingerprint density at radius 3 is 2.19 bits per heavy atom. The molecule has 0 bridgehead atoms. The van der Waals surface area contributed by atoms with Crippen LogP contribution in [0, 0.1) is 5.41 Å². The molecule has 0 aromatic heterocycles. The quantitative estimate of drug-likeness (QED) is 0.844. The van der Waals surface area contributed by atoms with E-state index in [1.165, 1.54) is 29.5 Å². The number of hydrogen-bond acceptors (Lipinski definition) is 1. The lowest BCUT2D eigenvalue weighted by Gasteiger charge is -2.54. The summed E-state index contributed by atoms with van der Waals surface area (Å²) in [5.74, 6) is 0.685. The summed E-state index contributed by atoms with van der Waals surface area (Å²) in [5, 5.41) is 3.48. The van der Waals surface area contributed by atoms with Gasteiger partial charge in [0.15, 0.2) is 0 Å². The Morgan fingerprint density at radius 2 is 1.62 bits per heavy atom. The summed E-state index contributed by atoms with van der Waals surface area (Å²) in [6.45, 7) is 4.74. The van der Waals surface area contributed by atoms with E-state index in [0.29, 0.717) is 17.4 Å². The van der Waals surface area contributed by atoms with Crippen molar-refractivity contribution in [3.63, 3.8) is 0 Å². The van der Waals surface area contributed by atoms with E-state index in [2.05, 4.69) is 80.8 Å². The van der Waals surface area contributed by atoms with Crippen LogP contribution in [0.5, 0.6) is 0 Å². The third-order valence-corrected chi connectivity index (χ3v) is 5.59. The standard InChI is InChI=1S/C20H25N/c1-4-20(2)18(14-19(20)21-3)17-12-10-16(11-13-17)15-8-6-5-7-9-15/h5-13,18-19,21H,4,14H2,1-3H3. The van der Waals surface area contributed by atoms with Gasteiger partial charge in [-0.25, -0.2) is 0 Å². The van der Waals surface area contributed by atoms with Gasteiger partial charge in [0.1, 0.15) is 0 Å². The van der Waals surface area contributed by atoms with Crippen molar-refractivity contribution in [1.29, 1.82) is 0 Å². The summed E-state index contributed by atoms with van der Waals surface area (Å²) >= 11 is 0. The van der Waals surface area contributed by atoms with Crippen LogP contribution in [0.25, 0.3) is 11.1 Å². The first-order valence-electron chi connectivity index (χ1n) is 8.01. The summed E-state index contributed by atoms with van der Waals surface area (Å²) in [5.41, 5.74) is 4.49. The molecule has 1 aliphatic carbocycles. The van der Waals surface area contributed by atoms with E-state index >= 15 is 0 Å². The zero-order chi connectivity index (χ0) is 14.9. The first kappa shape index (κ1) is 14.3. The fourth-order valence-corrected chi connectivity index (χ4v) is 3.85. The van der Waals surface area contributed by atoms with E-state index in [1.54, 1.807) is 0 Å². The minimum absolute atomic E-state index is 0.392. The van der Waals surface area contributed by atoms with E-state index in [0.717, 1.165) is 0 Å². The highest BCUT2D eigenvalue weighted by molar-refractivity contribution is 5.63. The van der Waals surface area contributed by atoms with Gasteiger partial charge in [-0.2, -0.15) is 0 Å². The molecule has 1 aliphatic rings. The van der Waals surface area contributed by atoms with Crippen LogP contribution in [-0.4, -0.2) is 13.1 Å². The van der Waals surface area contributed by atoms with Crippen LogP contribution >= 0.6 is 0 Å². The predicted molar refractivity (Wildman–Crippen MR) is 90.5 cm³/mol. The van der Waals surface area contributed by atoms with Gasteiger partial charge in [-0.3, -0.25) is 0 Å². The van der Waals surface area contributed by atoms with Crippen molar-refractivity contribution in [2.24, 2.45) is 5.41 Å². The van der Waals surface area contributed by atoms with Crippen molar-refractivity contribution >= 4 is 0 Å². The number of nitrogens with one attached hydrogen (secondary N) is 1. The molecule has 0 amide bonds. The number of benzene rings is 2. The molecule has 1 heteroatoms. The Balaban J connectivity index is 1.83. The Hall–Kier alpha value is -1.60. The second-order valence-corrected chi connectivity index (χ2v) is 6.48. The molecule has 1 N–H and O–H groups in total. The van der Waals surface area contributed by atoms with E-state index in [-0.39, 0.29) is 0 Å². The molecule has 0 spiro atoms. The molecule has 2 aromatic carbocycles. The minimum atomic E-state index is 0.392. The summed E-state index contributed by atoms with van der Waals surface area (Å²) in [6.07, 6.45) is 2.48. The summed E-state index contributed by atoms with van der Waals surface area (Å²) in [4.78, 5) is 0. The molecule has 0 aliphatic heterocycles. The van der Waals surface area contributed by atoms with Crippen molar-refractivity contribution in [1.82, 2.24) is 5.32 Å². The van der Waals surface area contributed by atoms with E-state index in [4.69, 9.17) is 0 Å². The second kappa shape index (κ2) is 5.65. The lowest BCUT2D eigenvalue weighted by Crippen LogP contribution is -2.55. The molecule has 2 aromatic rings. The summed E-state index contributed by atoms with van der Waals surface area (Å²) in [7, 11) is 2.09. The molecule has 3 unspecified atom stereocenters. The van der Waals surface area contributed by atoms with Gasteiger partial charge < -0.3 is 5.32 Å². The molecule has 21 heavy (non-hydrogen) atoms. The number of rotatable bonds is 4.